The quantitative estimate of drug-likeness (QED) is 0.800. The molecule has 28 heavy (non-hydrogen) atoms. The average Bonchev–Trinajstić information content (AvgIpc) is 2.69. The first-order chi connectivity index (χ1) is 13.4. The maximum atomic E-state index is 13.8. The number of carbonyl (C=O) groups is 1. The van der Waals surface area contributed by atoms with Crippen molar-refractivity contribution in [1.82, 2.24) is 9.62 Å². The van der Waals surface area contributed by atoms with E-state index in [1.165, 1.54) is 30.3 Å². The largest absolute Gasteiger partial charge is 0.494 e. The number of ether oxygens (including phenoxy) is 1. The second-order valence-electron chi connectivity index (χ2n) is 6.57. The van der Waals surface area contributed by atoms with Gasteiger partial charge in [0.1, 0.15) is 11.6 Å². The summed E-state index contributed by atoms with van der Waals surface area (Å²) < 4.78 is 47.0. The highest BCUT2D eigenvalue weighted by Crippen LogP contribution is 2.20. The molecular formula is C20H23FN2O4S. The van der Waals surface area contributed by atoms with Crippen LogP contribution in [0.2, 0.25) is 0 Å². The van der Waals surface area contributed by atoms with Gasteiger partial charge in [0.25, 0.3) is 5.91 Å². The number of hydrogen-bond acceptors (Lipinski definition) is 4. The van der Waals surface area contributed by atoms with Gasteiger partial charge in [-0.1, -0.05) is 12.1 Å². The molecule has 1 aliphatic heterocycles. The Kier molecular flexibility index (Phi) is 6.31. The number of sulfonamides is 1. The van der Waals surface area contributed by atoms with Crippen LogP contribution in [0.25, 0.3) is 0 Å². The molecule has 0 aliphatic carbocycles. The topological polar surface area (TPSA) is 75.7 Å². The van der Waals surface area contributed by atoms with Crippen molar-refractivity contribution in [2.45, 2.75) is 30.7 Å². The van der Waals surface area contributed by atoms with E-state index in [0.29, 0.717) is 38.3 Å². The summed E-state index contributed by atoms with van der Waals surface area (Å²) in [4.78, 5) is 14.2. The lowest BCUT2D eigenvalue weighted by atomic mass is 10.0. The van der Waals surface area contributed by atoms with Crippen LogP contribution in [-0.2, 0) is 10.0 Å². The number of rotatable bonds is 6. The molecule has 0 aromatic heterocycles. The van der Waals surface area contributed by atoms with Crippen LogP contribution in [0.5, 0.6) is 5.75 Å². The van der Waals surface area contributed by atoms with Crippen molar-refractivity contribution in [2.75, 3.05) is 19.7 Å². The second-order valence-corrected chi connectivity index (χ2v) is 8.29. The number of benzene rings is 2. The number of amides is 1. The van der Waals surface area contributed by atoms with Crippen LogP contribution < -0.4 is 9.46 Å². The Labute approximate surface area is 164 Å². The van der Waals surface area contributed by atoms with Gasteiger partial charge in [0.15, 0.2) is 0 Å². The summed E-state index contributed by atoms with van der Waals surface area (Å²) in [5.41, 5.74) is 0.0379. The van der Waals surface area contributed by atoms with Crippen molar-refractivity contribution in [3.05, 3.63) is 59.9 Å². The first kappa shape index (κ1) is 20.3. The normalized spacial score (nSPS) is 15.4. The predicted molar refractivity (Wildman–Crippen MR) is 103 cm³/mol. The van der Waals surface area contributed by atoms with Gasteiger partial charge in [0.05, 0.1) is 17.1 Å². The molecule has 1 amide bonds. The molecule has 3 rings (SSSR count). The van der Waals surface area contributed by atoms with Crippen molar-refractivity contribution in [2.24, 2.45) is 0 Å². The zero-order chi connectivity index (χ0) is 20.1. The molecule has 1 aliphatic rings. The number of nitrogens with one attached hydrogen (secondary N) is 1. The molecule has 8 heteroatoms. The van der Waals surface area contributed by atoms with E-state index in [0.717, 1.165) is 0 Å². The molecule has 0 unspecified atom stereocenters. The summed E-state index contributed by atoms with van der Waals surface area (Å²) in [5.74, 6) is -0.307. The van der Waals surface area contributed by atoms with E-state index in [-0.39, 0.29) is 22.4 Å². The van der Waals surface area contributed by atoms with Crippen LogP contribution in [0.15, 0.2) is 53.4 Å². The van der Waals surface area contributed by atoms with E-state index in [1.807, 2.05) is 6.92 Å². The number of carbonyl (C=O) groups excluding carboxylic acids is 1. The summed E-state index contributed by atoms with van der Waals surface area (Å²) >= 11 is 0. The fourth-order valence-electron chi connectivity index (χ4n) is 3.17. The molecule has 1 saturated heterocycles. The number of hydrogen-bond donors (Lipinski definition) is 1. The van der Waals surface area contributed by atoms with Gasteiger partial charge in [-0.3, -0.25) is 4.79 Å². The van der Waals surface area contributed by atoms with Crippen LogP contribution in [0.3, 0.4) is 0 Å². The number of likely N-dealkylation sites (tertiary alicyclic amines) is 1. The van der Waals surface area contributed by atoms with E-state index in [2.05, 4.69) is 4.72 Å². The third kappa shape index (κ3) is 4.69. The molecule has 1 fully saturated rings. The van der Waals surface area contributed by atoms with Crippen LogP contribution in [0, 0.1) is 5.82 Å². The summed E-state index contributed by atoms with van der Waals surface area (Å²) in [5, 5.41) is 0. The monoisotopic (exact) mass is 406 g/mol. The highest BCUT2D eigenvalue weighted by molar-refractivity contribution is 7.89. The average molecular weight is 406 g/mol. The van der Waals surface area contributed by atoms with Crippen molar-refractivity contribution in [3.8, 4) is 5.75 Å². The highest BCUT2D eigenvalue weighted by Gasteiger charge is 2.28. The van der Waals surface area contributed by atoms with Gasteiger partial charge in [-0.05, 0) is 56.2 Å². The zero-order valence-corrected chi connectivity index (χ0v) is 16.4. The minimum atomic E-state index is -3.66. The molecule has 150 valence electrons. The number of nitrogens with zero attached hydrogens (tertiary/aromatic N) is 1. The van der Waals surface area contributed by atoms with E-state index >= 15 is 0 Å². The lowest BCUT2D eigenvalue weighted by molar-refractivity contribution is 0.0706. The van der Waals surface area contributed by atoms with Crippen LogP contribution in [0.4, 0.5) is 4.39 Å². The lowest BCUT2D eigenvalue weighted by Crippen LogP contribution is -2.46. The standard InChI is InChI=1S/C20H23FN2O4S/c1-2-27-16-7-9-17(10-8-16)28(25,26)22-15-11-13-23(14-12-15)20(24)18-5-3-4-6-19(18)21/h3-10,15,22H,2,11-14H2,1H3. The molecule has 0 atom stereocenters. The Hall–Kier alpha value is -2.45. The van der Waals surface area contributed by atoms with Crippen LogP contribution in [-0.4, -0.2) is 45.0 Å². The molecule has 0 spiro atoms. The Balaban J connectivity index is 1.59. The SMILES string of the molecule is CCOc1ccc(S(=O)(=O)NC2CCN(C(=O)c3ccccc3F)CC2)cc1. The lowest BCUT2D eigenvalue weighted by Gasteiger charge is -2.32. The van der Waals surface area contributed by atoms with Gasteiger partial charge in [-0.15, -0.1) is 0 Å². The smallest absolute Gasteiger partial charge is 0.256 e. The van der Waals surface area contributed by atoms with Crippen molar-refractivity contribution < 1.29 is 22.3 Å². The third-order valence-electron chi connectivity index (χ3n) is 4.65. The first-order valence-corrected chi connectivity index (χ1v) is 10.7. The molecule has 2 aromatic rings. The van der Waals surface area contributed by atoms with Crippen molar-refractivity contribution in [1.29, 1.82) is 0 Å². The summed E-state index contributed by atoms with van der Waals surface area (Å²) in [6, 6.07) is 11.8. The van der Waals surface area contributed by atoms with Crippen LogP contribution >= 0.6 is 0 Å². The third-order valence-corrected chi connectivity index (χ3v) is 6.19. The Morgan fingerprint density at radius 3 is 2.39 bits per heavy atom. The predicted octanol–water partition coefficient (Wildman–Crippen LogP) is 2.81. The molecule has 0 radical (unpaired) electrons. The molecule has 1 heterocycles. The summed E-state index contributed by atoms with van der Waals surface area (Å²) in [6.45, 7) is 3.09. The maximum absolute atomic E-state index is 13.8. The Bertz CT molecular complexity index is 923. The van der Waals surface area contributed by atoms with E-state index in [4.69, 9.17) is 4.74 Å². The Morgan fingerprint density at radius 2 is 1.79 bits per heavy atom. The fraction of sp³-hybridized carbons (Fsp3) is 0.350. The highest BCUT2D eigenvalue weighted by atomic mass is 32.2. The van der Waals surface area contributed by atoms with Crippen molar-refractivity contribution >= 4 is 15.9 Å². The molecule has 1 N–H and O–H groups in total. The molecular weight excluding hydrogens is 383 g/mol. The van der Waals surface area contributed by atoms with Gasteiger partial charge in [-0.25, -0.2) is 17.5 Å². The minimum absolute atomic E-state index is 0.0379. The Morgan fingerprint density at radius 1 is 1.14 bits per heavy atom. The summed E-state index contributed by atoms with van der Waals surface area (Å²) in [6.07, 6.45) is 0.937. The molecule has 2 aromatic carbocycles. The van der Waals surface area contributed by atoms with Gasteiger partial charge in [0, 0.05) is 19.1 Å². The zero-order valence-electron chi connectivity index (χ0n) is 15.6. The minimum Gasteiger partial charge on any atom is -0.494 e. The maximum Gasteiger partial charge on any atom is 0.256 e. The molecule has 6 nitrogen and oxygen atoms in total. The van der Waals surface area contributed by atoms with E-state index in [9.17, 15) is 17.6 Å². The molecule has 0 saturated carbocycles. The number of piperidine rings is 1. The molecule has 0 bridgehead atoms. The van der Waals surface area contributed by atoms with Crippen LogP contribution in [0.1, 0.15) is 30.1 Å². The van der Waals surface area contributed by atoms with Gasteiger partial charge < -0.3 is 9.64 Å². The number of halogens is 1. The van der Waals surface area contributed by atoms with Crippen molar-refractivity contribution in [3.63, 3.8) is 0 Å². The summed E-state index contributed by atoms with van der Waals surface area (Å²) in [7, 11) is -3.66. The second kappa shape index (κ2) is 8.70. The van der Waals surface area contributed by atoms with Gasteiger partial charge in [0.2, 0.25) is 10.0 Å². The van der Waals surface area contributed by atoms with Gasteiger partial charge >= 0.3 is 0 Å². The van der Waals surface area contributed by atoms with E-state index in [1.54, 1.807) is 23.1 Å². The van der Waals surface area contributed by atoms with E-state index < -0.39 is 15.8 Å². The first-order valence-electron chi connectivity index (χ1n) is 9.19. The fourth-order valence-corrected chi connectivity index (χ4v) is 4.48. The van der Waals surface area contributed by atoms with Gasteiger partial charge in [-0.2, -0.15) is 0 Å².